The van der Waals surface area contributed by atoms with E-state index in [0.29, 0.717) is 0 Å². The molecular formula is C12H9ClMgO. The van der Waals surface area contributed by atoms with E-state index >= 15 is 0 Å². The Kier molecular flexibility index (Phi) is 7.21. The van der Waals surface area contributed by atoms with E-state index in [4.69, 9.17) is 4.74 Å². The third-order valence-corrected chi connectivity index (χ3v) is 1.65. The SMILES string of the molecule is [Cl-].[Mg+2].[c-]1ccccc1Oc1ccccc1. The zero-order valence-corrected chi connectivity index (χ0v) is 10.4. The summed E-state index contributed by atoms with van der Waals surface area (Å²) in [5.74, 6) is 1.58. The molecule has 0 N–H and O–H groups in total. The van der Waals surface area contributed by atoms with Crippen LogP contribution in [0, 0.1) is 6.07 Å². The summed E-state index contributed by atoms with van der Waals surface area (Å²) < 4.78 is 5.52. The van der Waals surface area contributed by atoms with Crippen LogP contribution in [0.5, 0.6) is 11.5 Å². The molecule has 0 saturated carbocycles. The van der Waals surface area contributed by atoms with E-state index in [1.165, 1.54) is 0 Å². The van der Waals surface area contributed by atoms with Crippen LogP contribution in [-0.4, -0.2) is 23.1 Å². The van der Waals surface area contributed by atoms with Gasteiger partial charge in [-0.15, -0.1) is 12.1 Å². The number of hydrogen-bond donors (Lipinski definition) is 0. The quantitative estimate of drug-likeness (QED) is 0.516. The van der Waals surface area contributed by atoms with Crippen molar-refractivity contribution in [3.05, 3.63) is 60.7 Å². The van der Waals surface area contributed by atoms with Crippen LogP contribution in [0.15, 0.2) is 54.6 Å². The molecule has 0 radical (unpaired) electrons. The van der Waals surface area contributed by atoms with Crippen LogP contribution >= 0.6 is 0 Å². The zero-order chi connectivity index (χ0) is 8.93. The summed E-state index contributed by atoms with van der Waals surface area (Å²) in [5.41, 5.74) is 0. The molecular weight excluding hydrogens is 220 g/mol. The number of benzene rings is 2. The Morgan fingerprint density at radius 3 is 2.13 bits per heavy atom. The molecule has 3 heteroatoms. The van der Waals surface area contributed by atoms with Crippen molar-refractivity contribution in [3.63, 3.8) is 0 Å². The van der Waals surface area contributed by atoms with Crippen molar-refractivity contribution in [3.8, 4) is 11.5 Å². The molecule has 0 aromatic heterocycles. The van der Waals surface area contributed by atoms with Gasteiger partial charge >= 0.3 is 23.1 Å². The van der Waals surface area contributed by atoms with Gasteiger partial charge in [0.25, 0.3) is 0 Å². The number of hydrogen-bond acceptors (Lipinski definition) is 1. The van der Waals surface area contributed by atoms with Gasteiger partial charge in [0.15, 0.2) is 0 Å². The van der Waals surface area contributed by atoms with Crippen LogP contribution in [-0.2, 0) is 0 Å². The second kappa shape index (κ2) is 7.57. The van der Waals surface area contributed by atoms with Crippen LogP contribution in [0.2, 0.25) is 0 Å². The van der Waals surface area contributed by atoms with E-state index in [-0.39, 0.29) is 35.5 Å². The Balaban J connectivity index is 0.000000980. The molecule has 0 unspecified atom stereocenters. The number of ether oxygens (including phenoxy) is 1. The normalized spacial score (nSPS) is 8.27. The van der Waals surface area contributed by atoms with Gasteiger partial charge in [-0.2, -0.15) is 18.2 Å². The molecule has 0 saturated heterocycles. The predicted molar refractivity (Wildman–Crippen MR) is 57.5 cm³/mol. The molecule has 2 aromatic rings. The van der Waals surface area contributed by atoms with Crippen LogP contribution in [0.4, 0.5) is 0 Å². The van der Waals surface area contributed by atoms with Gasteiger partial charge < -0.3 is 17.1 Å². The summed E-state index contributed by atoms with van der Waals surface area (Å²) >= 11 is 0. The van der Waals surface area contributed by atoms with Crippen LogP contribution in [0.3, 0.4) is 0 Å². The Hall–Kier alpha value is -0.704. The van der Waals surface area contributed by atoms with E-state index in [9.17, 15) is 0 Å². The van der Waals surface area contributed by atoms with E-state index in [1.54, 1.807) is 0 Å². The maximum Gasteiger partial charge on any atom is 2.00 e. The first-order chi connectivity index (χ1) is 6.45. The molecule has 72 valence electrons. The first kappa shape index (κ1) is 14.3. The Labute approximate surface area is 112 Å². The molecule has 0 bridgehead atoms. The van der Waals surface area contributed by atoms with Crippen molar-refractivity contribution in [1.82, 2.24) is 0 Å². The summed E-state index contributed by atoms with van der Waals surface area (Å²) in [6.45, 7) is 0. The van der Waals surface area contributed by atoms with Gasteiger partial charge in [-0.1, -0.05) is 18.2 Å². The first-order valence-electron chi connectivity index (χ1n) is 4.15. The topological polar surface area (TPSA) is 9.23 Å². The molecule has 0 spiro atoms. The van der Waals surface area contributed by atoms with Crippen molar-refractivity contribution in [2.45, 2.75) is 0 Å². The van der Waals surface area contributed by atoms with Gasteiger partial charge in [0, 0.05) is 5.75 Å². The van der Waals surface area contributed by atoms with Crippen molar-refractivity contribution >= 4 is 23.1 Å². The summed E-state index contributed by atoms with van der Waals surface area (Å²) in [7, 11) is 0. The molecule has 0 heterocycles. The monoisotopic (exact) mass is 228 g/mol. The van der Waals surface area contributed by atoms with Gasteiger partial charge in [0.1, 0.15) is 5.75 Å². The standard InChI is InChI=1S/C12H9O.ClH.Mg/c1-3-7-11(8-4-1)13-12-9-5-2-6-10-12;;/h1-9H;1H;/q-1;;+2/p-1. The average molecular weight is 229 g/mol. The maximum absolute atomic E-state index is 5.52. The molecule has 0 fully saturated rings. The van der Waals surface area contributed by atoms with Gasteiger partial charge in [0.05, 0.1) is 0 Å². The van der Waals surface area contributed by atoms with Gasteiger partial charge in [-0.25, -0.2) is 0 Å². The minimum atomic E-state index is 0. The molecule has 0 aliphatic carbocycles. The summed E-state index contributed by atoms with van der Waals surface area (Å²) in [5, 5.41) is 0. The fourth-order valence-electron chi connectivity index (χ4n) is 1.06. The van der Waals surface area contributed by atoms with E-state index in [0.717, 1.165) is 11.5 Å². The summed E-state index contributed by atoms with van der Waals surface area (Å²) in [4.78, 5) is 0. The van der Waals surface area contributed by atoms with Gasteiger partial charge in [-0.3, -0.25) is 0 Å². The second-order valence-corrected chi connectivity index (χ2v) is 2.64. The maximum atomic E-state index is 5.52. The fraction of sp³-hybridized carbons (Fsp3) is 0. The summed E-state index contributed by atoms with van der Waals surface area (Å²) in [6.07, 6.45) is 0. The molecule has 1 nitrogen and oxygen atoms in total. The Morgan fingerprint density at radius 1 is 0.867 bits per heavy atom. The average Bonchev–Trinajstić information content (AvgIpc) is 2.21. The Morgan fingerprint density at radius 2 is 1.53 bits per heavy atom. The van der Waals surface area contributed by atoms with E-state index in [2.05, 4.69) is 6.07 Å². The molecule has 0 amide bonds. The van der Waals surface area contributed by atoms with Crippen LogP contribution < -0.4 is 17.1 Å². The van der Waals surface area contributed by atoms with Crippen LogP contribution in [0.25, 0.3) is 0 Å². The van der Waals surface area contributed by atoms with Crippen molar-refractivity contribution in [1.29, 1.82) is 0 Å². The molecule has 15 heavy (non-hydrogen) atoms. The molecule has 2 aromatic carbocycles. The third kappa shape index (κ3) is 4.56. The smallest absolute Gasteiger partial charge is 1.00 e. The number of halogens is 1. The first-order valence-corrected chi connectivity index (χ1v) is 4.15. The van der Waals surface area contributed by atoms with E-state index < -0.39 is 0 Å². The second-order valence-electron chi connectivity index (χ2n) is 2.64. The predicted octanol–water partition coefficient (Wildman–Crippen LogP) is -0.0977. The van der Waals surface area contributed by atoms with Crippen molar-refractivity contribution in [2.75, 3.05) is 0 Å². The van der Waals surface area contributed by atoms with Crippen LogP contribution in [0.1, 0.15) is 0 Å². The molecule has 0 atom stereocenters. The van der Waals surface area contributed by atoms with Gasteiger partial charge in [-0.05, 0) is 12.1 Å². The number of para-hydroxylation sites is 2. The molecule has 2 rings (SSSR count). The molecule has 0 aliphatic rings. The molecule has 0 aliphatic heterocycles. The zero-order valence-electron chi connectivity index (χ0n) is 8.19. The Bertz CT molecular complexity index is 326. The van der Waals surface area contributed by atoms with Gasteiger partial charge in [0.2, 0.25) is 0 Å². The third-order valence-electron chi connectivity index (χ3n) is 1.65. The van der Waals surface area contributed by atoms with Crippen molar-refractivity contribution < 1.29 is 17.1 Å². The summed E-state index contributed by atoms with van der Waals surface area (Å²) in [6, 6.07) is 20.2. The largest absolute Gasteiger partial charge is 2.00 e. The van der Waals surface area contributed by atoms with Crippen molar-refractivity contribution in [2.24, 2.45) is 0 Å². The minimum Gasteiger partial charge on any atom is -1.00 e. The fourth-order valence-corrected chi connectivity index (χ4v) is 1.06. The minimum absolute atomic E-state index is 0. The number of rotatable bonds is 2. The van der Waals surface area contributed by atoms with E-state index in [1.807, 2.05) is 54.6 Å².